The van der Waals surface area contributed by atoms with E-state index < -0.39 is 0 Å². The SMILES string of the molecule is C#CCCNCc1cncn1CCC. The Morgan fingerprint density at radius 1 is 1.64 bits per heavy atom. The molecule has 76 valence electrons. The molecule has 0 radical (unpaired) electrons. The summed E-state index contributed by atoms with van der Waals surface area (Å²) in [4.78, 5) is 4.12. The fourth-order valence-electron chi connectivity index (χ4n) is 1.31. The van der Waals surface area contributed by atoms with E-state index in [2.05, 4.69) is 27.7 Å². The zero-order chi connectivity index (χ0) is 10.2. The van der Waals surface area contributed by atoms with Crippen LogP contribution >= 0.6 is 0 Å². The van der Waals surface area contributed by atoms with Crippen LogP contribution in [0.3, 0.4) is 0 Å². The van der Waals surface area contributed by atoms with Crippen LogP contribution in [0.5, 0.6) is 0 Å². The first-order valence-corrected chi connectivity index (χ1v) is 5.01. The van der Waals surface area contributed by atoms with E-state index in [-0.39, 0.29) is 0 Å². The molecule has 1 heterocycles. The molecule has 0 aliphatic carbocycles. The standard InChI is InChI=1S/C11H17N3/c1-3-5-6-12-8-11-9-13-10-14(11)7-4-2/h1,9-10,12H,4-8H2,2H3. The van der Waals surface area contributed by atoms with Crippen LogP contribution < -0.4 is 5.32 Å². The molecule has 0 saturated carbocycles. The number of imidazole rings is 1. The van der Waals surface area contributed by atoms with Crippen molar-refractivity contribution in [2.24, 2.45) is 0 Å². The molecule has 14 heavy (non-hydrogen) atoms. The summed E-state index contributed by atoms with van der Waals surface area (Å²) in [5, 5.41) is 3.28. The second kappa shape index (κ2) is 6.22. The van der Waals surface area contributed by atoms with Gasteiger partial charge in [-0.3, -0.25) is 0 Å². The molecule has 0 aliphatic heterocycles. The monoisotopic (exact) mass is 191 g/mol. The topological polar surface area (TPSA) is 29.9 Å². The van der Waals surface area contributed by atoms with Crippen LogP contribution in [0.1, 0.15) is 25.5 Å². The second-order valence-corrected chi connectivity index (χ2v) is 3.21. The lowest BCUT2D eigenvalue weighted by Gasteiger charge is -2.06. The molecule has 3 nitrogen and oxygen atoms in total. The summed E-state index contributed by atoms with van der Waals surface area (Å²) in [6.07, 6.45) is 10.8. The lowest BCUT2D eigenvalue weighted by Crippen LogP contribution is -2.16. The predicted molar refractivity (Wildman–Crippen MR) is 57.7 cm³/mol. The fraction of sp³-hybridized carbons (Fsp3) is 0.545. The summed E-state index contributed by atoms with van der Waals surface area (Å²) in [7, 11) is 0. The second-order valence-electron chi connectivity index (χ2n) is 3.21. The Kier molecular flexibility index (Phi) is 4.81. The summed E-state index contributed by atoms with van der Waals surface area (Å²) in [5.41, 5.74) is 1.23. The molecule has 0 spiro atoms. The summed E-state index contributed by atoms with van der Waals surface area (Å²) in [5.74, 6) is 2.60. The molecule has 0 aromatic carbocycles. The van der Waals surface area contributed by atoms with Gasteiger partial charge in [0.15, 0.2) is 0 Å². The molecule has 1 rings (SSSR count). The third-order valence-corrected chi connectivity index (χ3v) is 2.02. The van der Waals surface area contributed by atoms with Crippen molar-refractivity contribution in [3.63, 3.8) is 0 Å². The largest absolute Gasteiger partial charge is 0.333 e. The van der Waals surface area contributed by atoms with Crippen molar-refractivity contribution in [2.45, 2.75) is 32.9 Å². The highest BCUT2D eigenvalue weighted by molar-refractivity contribution is 4.98. The minimum atomic E-state index is 0.780. The van der Waals surface area contributed by atoms with Gasteiger partial charge in [0.05, 0.1) is 12.0 Å². The van der Waals surface area contributed by atoms with Crippen molar-refractivity contribution in [3.05, 3.63) is 18.2 Å². The van der Waals surface area contributed by atoms with Gasteiger partial charge in [-0.2, -0.15) is 0 Å². The number of rotatable bonds is 6. The highest BCUT2D eigenvalue weighted by Crippen LogP contribution is 1.99. The third kappa shape index (κ3) is 3.23. The van der Waals surface area contributed by atoms with Gasteiger partial charge < -0.3 is 9.88 Å². The zero-order valence-electron chi connectivity index (χ0n) is 8.66. The van der Waals surface area contributed by atoms with Crippen LogP contribution in [-0.4, -0.2) is 16.1 Å². The number of hydrogen-bond acceptors (Lipinski definition) is 2. The van der Waals surface area contributed by atoms with Gasteiger partial charge in [-0.15, -0.1) is 12.3 Å². The summed E-state index contributed by atoms with van der Waals surface area (Å²) < 4.78 is 2.17. The van der Waals surface area contributed by atoms with Crippen molar-refractivity contribution in [2.75, 3.05) is 6.54 Å². The van der Waals surface area contributed by atoms with Crippen molar-refractivity contribution >= 4 is 0 Å². The van der Waals surface area contributed by atoms with E-state index in [1.54, 1.807) is 0 Å². The van der Waals surface area contributed by atoms with Gasteiger partial charge in [-0.1, -0.05) is 6.92 Å². The highest BCUT2D eigenvalue weighted by atomic mass is 15.1. The first-order chi connectivity index (χ1) is 6.88. The lowest BCUT2D eigenvalue weighted by atomic mass is 10.4. The first kappa shape index (κ1) is 10.8. The summed E-state index contributed by atoms with van der Waals surface area (Å²) >= 11 is 0. The number of hydrogen-bond donors (Lipinski definition) is 1. The quantitative estimate of drug-likeness (QED) is 0.544. The van der Waals surface area contributed by atoms with Gasteiger partial charge in [-0.05, 0) is 6.42 Å². The number of terminal acetylenes is 1. The molecular weight excluding hydrogens is 174 g/mol. The average molecular weight is 191 g/mol. The smallest absolute Gasteiger partial charge is 0.0948 e. The van der Waals surface area contributed by atoms with Crippen molar-refractivity contribution in [1.82, 2.24) is 14.9 Å². The van der Waals surface area contributed by atoms with Crippen LogP contribution in [0.15, 0.2) is 12.5 Å². The van der Waals surface area contributed by atoms with Crippen LogP contribution in [0.25, 0.3) is 0 Å². The van der Waals surface area contributed by atoms with Gasteiger partial charge in [0.1, 0.15) is 0 Å². The number of nitrogens with one attached hydrogen (secondary N) is 1. The minimum Gasteiger partial charge on any atom is -0.333 e. The molecule has 3 heteroatoms. The Morgan fingerprint density at radius 2 is 2.50 bits per heavy atom. The molecule has 1 N–H and O–H groups in total. The average Bonchev–Trinajstić information content (AvgIpc) is 2.61. The van der Waals surface area contributed by atoms with Crippen molar-refractivity contribution in [1.29, 1.82) is 0 Å². The van der Waals surface area contributed by atoms with Crippen LogP contribution in [-0.2, 0) is 13.1 Å². The van der Waals surface area contributed by atoms with Crippen LogP contribution in [0, 0.1) is 12.3 Å². The van der Waals surface area contributed by atoms with Crippen molar-refractivity contribution in [3.8, 4) is 12.3 Å². The number of aryl methyl sites for hydroxylation is 1. The molecule has 0 fully saturated rings. The van der Waals surface area contributed by atoms with Crippen LogP contribution in [0.4, 0.5) is 0 Å². The Bertz CT molecular complexity index is 296. The molecule has 0 saturated heterocycles. The number of nitrogens with zero attached hydrogens (tertiary/aromatic N) is 2. The van der Waals surface area contributed by atoms with Gasteiger partial charge in [0, 0.05) is 32.3 Å². The zero-order valence-corrected chi connectivity index (χ0v) is 8.66. The molecule has 0 aliphatic rings. The molecule has 0 bridgehead atoms. The maximum Gasteiger partial charge on any atom is 0.0948 e. The van der Waals surface area contributed by atoms with E-state index >= 15 is 0 Å². The van der Waals surface area contributed by atoms with E-state index in [0.717, 1.165) is 32.5 Å². The highest BCUT2D eigenvalue weighted by Gasteiger charge is 1.99. The molecular formula is C11H17N3. The third-order valence-electron chi connectivity index (χ3n) is 2.02. The Labute approximate surface area is 85.5 Å². The normalized spacial score (nSPS) is 10.0. The van der Waals surface area contributed by atoms with E-state index in [9.17, 15) is 0 Å². The molecule has 1 aromatic heterocycles. The van der Waals surface area contributed by atoms with Crippen LogP contribution in [0.2, 0.25) is 0 Å². The predicted octanol–water partition coefficient (Wildman–Crippen LogP) is 1.41. The van der Waals surface area contributed by atoms with Gasteiger partial charge >= 0.3 is 0 Å². The van der Waals surface area contributed by atoms with E-state index in [1.807, 2.05) is 12.5 Å². The molecule has 0 amide bonds. The van der Waals surface area contributed by atoms with E-state index in [4.69, 9.17) is 6.42 Å². The van der Waals surface area contributed by atoms with Crippen molar-refractivity contribution < 1.29 is 0 Å². The molecule has 0 atom stereocenters. The maximum atomic E-state index is 5.16. The first-order valence-electron chi connectivity index (χ1n) is 5.01. The van der Waals surface area contributed by atoms with Gasteiger partial charge in [0.2, 0.25) is 0 Å². The summed E-state index contributed by atoms with van der Waals surface area (Å²) in [6, 6.07) is 0. The maximum absolute atomic E-state index is 5.16. The van der Waals surface area contributed by atoms with E-state index in [1.165, 1.54) is 5.69 Å². The minimum absolute atomic E-state index is 0.780. The fourth-order valence-corrected chi connectivity index (χ4v) is 1.31. The summed E-state index contributed by atoms with van der Waals surface area (Å²) in [6.45, 7) is 4.91. The Hall–Kier alpha value is -1.27. The molecule has 1 aromatic rings. The lowest BCUT2D eigenvalue weighted by molar-refractivity contribution is 0.605. The van der Waals surface area contributed by atoms with Gasteiger partial charge in [0.25, 0.3) is 0 Å². The Morgan fingerprint density at radius 3 is 3.21 bits per heavy atom. The van der Waals surface area contributed by atoms with E-state index in [0.29, 0.717) is 0 Å². The number of aromatic nitrogens is 2. The molecule has 0 unspecified atom stereocenters. The van der Waals surface area contributed by atoms with Gasteiger partial charge in [-0.25, -0.2) is 4.98 Å². The Balaban J connectivity index is 2.34.